The maximum absolute atomic E-state index is 12.6. The number of anilines is 1. The first-order chi connectivity index (χ1) is 11.4. The Hall–Kier alpha value is -1.78. The normalized spacial score (nSPS) is 12.2. The third kappa shape index (κ3) is 4.86. The van der Waals surface area contributed by atoms with Crippen LogP contribution in [0, 0.1) is 13.8 Å². The number of amides is 1. The van der Waals surface area contributed by atoms with E-state index in [1.54, 1.807) is 11.8 Å². The molecule has 0 aliphatic rings. The zero-order chi connectivity index (χ0) is 17.7. The van der Waals surface area contributed by atoms with Gasteiger partial charge in [-0.1, -0.05) is 24.3 Å². The van der Waals surface area contributed by atoms with Gasteiger partial charge in [0.15, 0.2) is 0 Å². The lowest BCUT2D eigenvalue weighted by atomic mass is 10.1. The minimum atomic E-state index is -0.204. The number of thioether (sulfide) groups is 1. The van der Waals surface area contributed by atoms with Crippen LogP contribution in [0.2, 0.25) is 0 Å². The predicted molar refractivity (Wildman–Crippen MR) is 104 cm³/mol. The molecule has 1 unspecified atom stereocenters. The molecule has 0 aliphatic carbocycles. The topological polar surface area (TPSA) is 32.3 Å². The molecule has 1 atom stereocenters. The summed E-state index contributed by atoms with van der Waals surface area (Å²) in [7, 11) is 1.98. The lowest BCUT2D eigenvalue weighted by Crippen LogP contribution is -2.39. The highest BCUT2D eigenvalue weighted by Crippen LogP contribution is 2.18. The molecule has 0 aliphatic heterocycles. The summed E-state index contributed by atoms with van der Waals surface area (Å²) >= 11 is 1.73. The molecular weight excluding hydrogens is 316 g/mol. The summed E-state index contributed by atoms with van der Waals surface area (Å²) < 4.78 is 0. The van der Waals surface area contributed by atoms with Gasteiger partial charge in [-0.15, -0.1) is 11.8 Å². The number of nitrogens with zero attached hydrogens (tertiary/aromatic N) is 1. The zero-order valence-electron chi connectivity index (χ0n) is 15.1. The minimum Gasteiger partial charge on any atom is -0.324 e. The van der Waals surface area contributed by atoms with Crippen molar-refractivity contribution in [3.05, 3.63) is 59.2 Å². The van der Waals surface area contributed by atoms with E-state index in [4.69, 9.17) is 0 Å². The summed E-state index contributed by atoms with van der Waals surface area (Å²) in [6, 6.07) is 14.4. The molecule has 2 aromatic rings. The molecule has 3 nitrogen and oxygen atoms in total. The molecule has 0 aromatic heterocycles. The Balaban J connectivity index is 1.99. The van der Waals surface area contributed by atoms with Gasteiger partial charge in [-0.2, -0.15) is 0 Å². The fourth-order valence-electron chi connectivity index (χ4n) is 2.46. The van der Waals surface area contributed by atoms with E-state index in [1.165, 1.54) is 10.5 Å². The Morgan fingerprint density at radius 2 is 1.83 bits per heavy atom. The Kier molecular flexibility index (Phi) is 6.46. The van der Waals surface area contributed by atoms with Crippen LogP contribution < -0.4 is 5.32 Å². The van der Waals surface area contributed by atoms with Crippen molar-refractivity contribution in [3.8, 4) is 0 Å². The van der Waals surface area contributed by atoms with Crippen molar-refractivity contribution in [1.82, 2.24) is 4.90 Å². The highest BCUT2D eigenvalue weighted by molar-refractivity contribution is 7.98. The van der Waals surface area contributed by atoms with Gasteiger partial charge in [-0.3, -0.25) is 9.69 Å². The predicted octanol–water partition coefficient (Wildman–Crippen LogP) is 4.48. The second-order valence-electron chi connectivity index (χ2n) is 6.25. The second-order valence-corrected chi connectivity index (χ2v) is 7.13. The number of carbonyl (C=O) groups is 1. The first-order valence-corrected chi connectivity index (χ1v) is 9.34. The highest BCUT2D eigenvalue weighted by atomic mass is 32.2. The van der Waals surface area contributed by atoms with Crippen molar-refractivity contribution in [2.24, 2.45) is 0 Å². The third-order valence-electron chi connectivity index (χ3n) is 4.28. The van der Waals surface area contributed by atoms with E-state index >= 15 is 0 Å². The molecule has 0 saturated heterocycles. The first-order valence-electron chi connectivity index (χ1n) is 8.12. The van der Waals surface area contributed by atoms with E-state index in [-0.39, 0.29) is 11.9 Å². The monoisotopic (exact) mass is 342 g/mol. The average Bonchev–Trinajstić information content (AvgIpc) is 2.58. The fourth-order valence-corrected chi connectivity index (χ4v) is 2.87. The van der Waals surface area contributed by atoms with E-state index in [2.05, 4.69) is 46.8 Å². The summed E-state index contributed by atoms with van der Waals surface area (Å²) in [5.41, 5.74) is 4.33. The molecule has 1 N–H and O–H groups in total. The number of benzene rings is 2. The number of hydrogen-bond donors (Lipinski definition) is 1. The molecule has 2 aromatic carbocycles. The van der Waals surface area contributed by atoms with Crippen LogP contribution in [-0.4, -0.2) is 30.2 Å². The van der Waals surface area contributed by atoms with Gasteiger partial charge >= 0.3 is 0 Å². The maximum atomic E-state index is 12.6. The summed E-state index contributed by atoms with van der Waals surface area (Å²) in [6.07, 6.45) is 2.07. The molecule has 24 heavy (non-hydrogen) atoms. The molecule has 0 spiro atoms. The van der Waals surface area contributed by atoms with Crippen molar-refractivity contribution in [2.75, 3.05) is 18.6 Å². The van der Waals surface area contributed by atoms with Crippen molar-refractivity contribution >= 4 is 23.4 Å². The molecule has 0 heterocycles. The first kappa shape index (κ1) is 18.6. The summed E-state index contributed by atoms with van der Waals surface area (Å²) in [4.78, 5) is 15.9. The zero-order valence-corrected chi connectivity index (χ0v) is 15.9. The Labute approximate surface area is 149 Å². The number of carbonyl (C=O) groups excluding carboxylic acids is 1. The van der Waals surface area contributed by atoms with Gasteiger partial charge in [0.05, 0.1) is 6.04 Å². The van der Waals surface area contributed by atoms with Crippen LogP contribution in [-0.2, 0) is 11.3 Å². The van der Waals surface area contributed by atoms with Crippen molar-refractivity contribution in [2.45, 2.75) is 38.3 Å². The number of nitrogens with one attached hydrogen (secondary N) is 1. The smallest absolute Gasteiger partial charge is 0.241 e. The molecule has 0 radical (unpaired) electrons. The molecule has 1 amide bonds. The van der Waals surface area contributed by atoms with E-state index in [0.717, 1.165) is 23.4 Å². The van der Waals surface area contributed by atoms with Crippen LogP contribution in [0.4, 0.5) is 5.69 Å². The summed E-state index contributed by atoms with van der Waals surface area (Å²) in [5, 5.41) is 3.05. The fraction of sp³-hybridized carbons (Fsp3) is 0.350. The van der Waals surface area contributed by atoms with E-state index in [0.29, 0.717) is 0 Å². The minimum absolute atomic E-state index is 0.0203. The van der Waals surface area contributed by atoms with Crippen molar-refractivity contribution in [3.63, 3.8) is 0 Å². The van der Waals surface area contributed by atoms with Gasteiger partial charge in [0.1, 0.15) is 0 Å². The van der Waals surface area contributed by atoms with Gasteiger partial charge < -0.3 is 5.32 Å². The van der Waals surface area contributed by atoms with Gasteiger partial charge in [-0.05, 0) is 69.0 Å². The molecule has 0 saturated carbocycles. The number of likely N-dealkylation sites (N-methyl/N-ethyl adjacent to an activating group) is 1. The van der Waals surface area contributed by atoms with Crippen LogP contribution in [0.1, 0.15) is 23.6 Å². The SMILES string of the molecule is CSc1ccc(CN(C)C(C)C(=O)Nc2cc(C)ccc2C)cc1. The Morgan fingerprint density at radius 3 is 2.46 bits per heavy atom. The standard InChI is InChI=1S/C20H26N2OS/c1-14-6-7-15(2)19(12-14)21-20(23)16(3)22(4)13-17-8-10-18(24-5)11-9-17/h6-12,16H,13H2,1-5H3,(H,21,23). The van der Waals surface area contributed by atoms with E-state index in [9.17, 15) is 4.79 Å². The quantitative estimate of drug-likeness (QED) is 0.785. The lowest BCUT2D eigenvalue weighted by Gasteiger charge is -2.24. The number of rotatable bonds is 6. The van der Waals surface area contributed by atoms with Gasteiger partial charge in [0.25, 0.3) is 0 Å². The number of aryl methyl sites for hydroxylation is 2. The van der Waals surface area contributed by atoms with Gasteiger partial charge in [0, 0.05) is 17.1 Å². The summed E-state index contributed by atoms with van der Waals surface area (Å²) in [6.45, 7) is 6.73. The van der Waals surface area contributed by atoms with E-state index in [1.807, 2.05) is 40.0 Å². The third-order valence-corrected chi connectivity index (χ3v) is 5.03. The molecule has 4 heteroatoms. The average molecular weight is 343 g/mol. The maximum Gasteiger partial charge on any atom is 0.241 e. The molecule has 0 bridgehead atoms. The highest BCUT2D eigenvalue weighted by Gasteiger charge is 2.19. The van der Waals surface area contributed by atoms with Gasteiger partial charge in [-0.25, -0.2) is 0 Å². The molecule has 0 fully saturated rings. The Bertz CT molecular complexity index is 697. The van der Waals surface area contributed by atoms with Crippen LogP contribution in [0.3, 0.4) is 0 Å². The van der Waals surface area contributed by atoms with Crippen LogP contribution in [0.15, 0.2) is 47.4 Å². The second kappa shape index (κ2) is 8.36. The molecule has 2 rings (SSSR count). The Morgan fingerprint density at radius 1 is 1.17 bits per heavy atom. The van der Waals surface area contributed by atoms with Crippen LogP contribution in [0.25, 0.3) is 0 Å². The molecular formula is C20H26N2OS. The van der Waals surface area contributed by atoms with Crippen LogP contribution >= 0.6 is 11.8 Å². The number of hydrogen-bond acceptors (Lipinski definition) is 3. The van der Waals surface area contributed by atoms with Crippen LogP contribution in [0.5, 0.6) is 0 Å². The van der Waals surface area contributed by atoms with Crippen molar-refractivity contribution in [1.29, 1.82) is 0 Å². The molecule has 128 valence electrons. The van der Waals surface area contributed by atoms with Crippen molar-refractivity contribution < 1.29 is 4.79 Å². The summed E-state index contributed by atoms with van der Waals surface area (Å²) in [5.74, 6) is 0.0203. The lowest BCUT2D eigenvalue weighted by molar-refractivity contribution is -0.120. The van der Waals surface area contributed by atoms with E-state index < -0.39 is 0 Å². The largest absolute Gasteiger partial charge is 0.324 e. The van der Waals surface area contributed by atoms with Gasteiger partial charge in [0.2, 0.25) is 5.91 Å².